The summed E-state index contributed by atoms with van der Waals surface area (Å²) in [6, 6.07) is 14.3. The summed E-state index contributed by atoms with van der Waals surface area (Å²) < 4.78 is 43.8. The van der Waals surface area contributed by atoms with Crippen LogP contribution >= 0.6 is 0 Å². The number of alkyl halides is 1. The molecule has 10 nitrogen and oxygen atoms in total. The fraction of sp³-hybridized carbons (Fsp3) is 0.400. The molecule has 6 rings (SSSR count). The quantitative estimate of drug-likeness (QED) is 0.267. The Balaban J connectivity index is 1.22. The number of rotatable bonds is 9. The van der Waals surface area contributed by atoms with Crippen molar-refractivity contribution in [2.75, 3.05) is 26.3 Å². The molecule has 2 unspecified atom stereocenters. The zero-order valence-corrected chi connectivity index (χ0v) is 26.4. The fourth-order valence-electron chi connectivity index (χ4n) is 6.01. The largest absolute Gasteiger partial charge is 0.457 e. The number of nitrogens with zero attached hydrogens (tertiary/aromatic N) is 5. The number of ether oxygens (including phenoxy) is 2. The molecule has 0 spiro atoms. The van der Waals surface area contributed by atoms with Crippen LogP contribution in [0.15, 0.2) is 71.9 Å². The predicted molar refractivity (Wildman–Crippen MR) is 172 cm³/mol. The van der Waals surface area contributed by atoms with E-state index in [2.05, 4.69) is 39.2 Å². The van der Waals surface area contributed by atoms with Gasteiger partial charge in [-0.25, -0.2) is 13.8 Å². The number of carbonyl (C=O) groups is 1. The maximum atomic E-state index is 15.6. The summed E-state index contributed by atoms with van der Waals surface area (Å²) in [4.78, 5) is 31.9. The average Bonchev–Trinajstić information content (AvgIpc) is 3.08. The second-order valence-electron chi connectivity index (χ2n) is 12.3. The number of nitrogens with one attached hydrogen (secondary N) is 1. The van der Waals surface area contributed by atoms with Crippen molar-refractivity contribution in [1.82, 2.24) is 30.0 Å². The van der Waals surface area contributed by atoms with Gasteiger partial charge in [0.25, 0.3) is 11.5 Å². The van der Waals surface area contributed by atoms with Crippen molar-refractivity contribution in [3.8, 4) is 22.8 Å². The molecule has 1 amide bonds. The SMILES string of the molecule is CC(C)c1ccc(-c2ccc(Oc3cc(C(=O)NC4CCN(C5CCOCC5)CC4F)c(F)cc3Cn3cnccc3=O)cc2)nn1. The summed E-state index contributed by atoms with van der Waals surface area (Å²) in [5, 5.41) is 11.3. The molecule has 2 aliphatic rings. The van der Waals surface area contributed by atoms with Crippen LogP contribution < -0.4 is 15.6 Å². The van der Waals surface area contributed by atoms with Gasteiger partial charge in [0.05, 0.1) is 35.9 Å². The minimum Gasteiger partial charge on any atom is -0.457 e. The lowest BCUT2D eigenvalue weighted by Gasteiger charge is -2.40. The van der Waals surface area contributed by atoms with E-state index in [1.807, 2.05) is 24.3 Å². The summed E-state index contributed by atoms with van der Waals surface area (Å²) in [7, 11) is 0. The van der Waals surface area contributed by atoms with Gasteiger partial charge in [-0.2, -0.15) is 10.2 Å². The van der Waals surface area contributed by atoms with Gasteiger partial charge in [-0.3, -0.25) is 19.1 Å². The lowest BCUT2D eigenvalue weighted by molar-refractivity contribution is 0.00512. The van der Waals surface area contributed by atoms with Crippen LogP contribution in [-0.4, -0.2) is 75.1 Å². The van der Waals surface area contributed by atoms with Gasteiger partial charge in [-0.15, -0.1) is 0 Å². The number of piperidine rings is 1. The minimum absolute atomic E-state index is 0.0477. The van der Waals surface area contributed by atoms with Crippen molar-refractivity contribution in [2.45, 2.75) is 63.8 Å². The summed E-state index contributed by atoms with van der Waals surface area (Å²) in [6.45, 7) is 6.22. The average molecular weight is 645 g/mol. The number of hydrogen-bond acceptors (Lipinski definition) is 8. The third kappa shape index (κ3) is 7.71. The molecule has 47 heavy (non-hydrogen) atoms. The van der Waals surface area contributed by atoms with Crippen LogP contribution in [0, 0.1) is 5.82 Å². The first-order valence-corrected chi connectivity index (χ1v) is 16.0. The Labute approximate surface area is 271 Å². The Morgan fingerprint density at radius 1 is 1.06 bits per heavy atom. The fourth-order valence-corrected chi connectivity index (χ4v) is 6.01. The van der Waals surface area contributed by atoms with Crippen LogP contribution in [0.2, 0.25) is 0 Å². The summed E-state index contributed by atoms with van der Waals surface area (Å²) >= 11 is 0. The molecular weight excluding hydrogens is 606 g/mol. The van der Waals surface area contributed by atoms with E-state index < -0.39 is 23.9 Å². The van der Waals surface area contributed by atoms with Crippen molar-refractivity contribution >= 4 is 5.91 Å². The molecule has 246 valence electrons. The van der Waals surface area contributed by atoms with Crippen molar-refractivity contribution < 1.29 is 23.0 Å². The van der Waals surface area contributed by atoms with E-state index in [1.165, 1.54) is 35.3 Å². The third-order valence-corrected chi connectivity index (χ3v) is 8.78. The zero-order valence-electron chi connectivity index (χ0n) is 26.4. The Bertz CT molecular complexity index is 1740. The standard InChI is InChI=1S/C35H38F2N6O4/c1-22(2)30-7-8-31(41-40-30)23-3-5-26(6-4-23)47-33-18-27(28(36)17-24(33)19-43-21-38-13-9-34(43)44)35(45)39-32-10-14-42(20-29(32)37)25-11-15-46-16-12-25/h3-9,13,17-18,21-22,25,29,32H,10-12,14-16,19-20H2,1-2H3,(H,39,45). The van der Waals surface area contributed by atoms with E-state index in [-0.39, 0.29) is 41.9 Å². The highest BCUT2D eigenvalue weighted by Crippen LogP contribution is 2.31. The Morgan fingerprint density at radius 2 is 1.85 bits per heavy atom. The Hall–Kier alpha value is -4.55. The van der Waals surface area contributed by atoms with Crippen LogP contribution in [0.4, 0.5) is 8.78 Å². The molecule has 2 atom stereocenters. The first kappa shape index (κ1) is 32.4. The van der Waals surface area contributed by atoms with Crippen LogP contribution in [0.3, 0.4) is 0 Å². The lowest BCUT2D eigenvalue weighted by Crippen LogP contribution is -2.55. The third-order valence-electron chi connectivity index (χ3n) is 8.78. The number of hydrogen-bond donors (Lipinski definition) is 1. The van der Waals surface area contributed by atoms with Crippen LogP contribution in [0.1, 0.15) is 60.6 Å². The topological polar surface area (TPSA) is 111 Å². The second kappa shape index (κ2) is 14.5. The molecular formula is C35H38F2N6O4. The second-order valence-corrected chi connectivity index (χ2v) is 12.3. The van der Waals surface area contributed by atoms with Crippen LogP contribution in [0.25, 0.3) is 11.3 Å². The number of carbonyl (C=O) groups excluding carboxylic acids is 1. The number of amides is 1. The van der Waals surface area contributed by atoms with E-state index in [1.54, 1.807) is 12.1 Å². The number of benzene rings is 2. The minimum atomic E-state index is -1.30. The van der Waals surface area contributed by atoms with Gasteiger partial charge in [-0.05, 0) is 73.7 Å². The van der Waals surface area contributed by atoms with E-state index in [0.717, 1.165) is 24.1 Å². The Morgan fingerprint density at radius 3 is 2.53 bits per heavy atom. The highest BCUT2D eigenvalue weighted by molar-refractivity contribution is 5.95. The van der Waals surface area contributed by atoms with Gasteiger partial charge in [-0.1, -0.05) is 13.8 Å². The van der Waals surface area contributed by atoms with Crippen LogP contribution in [-0.2, 0) is 11.3 Å². The van der Waals surface area contributed by atoms with Gasteiger partial charge in [0.1, 0.15) is 23.5 Å². The summed E-state index contributed by atoms with van der Waals surface area (Å²) in [5.41, 5.74) is 2.13. The van der Waals surface area contributed by atoms with Gasteiger partial charge in [0.2, 0.25) is 0 Å². The van der Waals surface area contributed by atoms with Crippen molar-refractivity contribution in [2.24, 2.45) is 0 Å². The van der Waals surface area contributed by atoms with Gasteiger partial charge >= 0.3 is 0 Å². The lowest BCUT2D eigenvalue weighted by atomic mass is 9.98. The normalized spacial score (nSPS) is 19.1. The highest BCUT2D eigenvalue weighted by Gasteiger charge is 2.34. The van der Waals surface area contributed by atoms with E-state index in [4.69, 9.17) is 9.47 Å². The smallest absolute Gasteiger partial charge is 0.254 e. The van der Waals surface area contributed by atoms with Gasteiger partial charge < -0.3 is 14.8 Å². The Kier molecular flexibility index (Phi) is 9.98. The van der Waals surface area contributed by atoms with Gasteiger partial charge in [0.15, 0.2) is 0 Å². The molecule has 2 saturated heterocycles. The monoisotopic (exact) mass is 644 g/mol. The van der Waals surface area contributed by atoms with Crippen LogP contribution in [0.5, 0.6) is 11.5 Å². The molecule has 2 aromatic heterocycles. The molecule has 2 fully saturated rings. The molecule has 4 heterocycles. The molecule has 0 aliphatic carbocycles. The molecule has 0 radical (unpaired) electrons. The first-order valence-electron chi connectivity index (χ1n) is 16.0. The van der Waals surface area contributed by atoms with E-state index in [9.17, 15) is 9.59 Å². The number of aromatic nitrogens is 4. The molecule has 0 saturated carbocycles. The highest BCUT2D eigenvalue weighted by atomic mass is 19.1. The molecule has 12 heteroatoms. The van der Waals surface area contributed by atoms with E-state index in [0.29, 0.717) is 43.2 Å². The van der Waals surface area contributed by atoms with E-state index >= 15 is 8.78 Å². The summed E-state index contributed by atoms with van der Waals surface area (Å²) in [6.07, 6.45) is 3.55. The molecule has 2 aromatic carbocycles. The first-order chi connectivity index (χ1) is 22.7. The maximum absolute atomic E-state index is 15.6. The summed E-state index contributed by atoms with van der Waals surface area (Å²) in [5.74, 6) is -0.686. The molecule has 1 N–H and O–H groups in total. The molecule has 0 bridgehead atoms. The zero-order chi connectivity index (χ0) is 32.9. The molecule has 2 aliphatic heterocycles. The molecule has 4 aromatic rings. The number of likely N-dealkylation sites (tertiary alicyclic amines) is 1. The number of halogens is 2. The van der Waals surface area contributed by atoms with Crippen molar-refractivity contribution in [1.29, 1.82) is 0 Å². The van der Waals surface area contributed by atoms with Crippen molar-refractivity contribution in [3.63, 3.8) is 0 Å². The predicted octanol–water partition coefficient (Wildman–Crippen LogP) is 5.12. The van der Waals surface area contributed by atoms with Gasteiger partial charge in [0, 0.05) is 55.7 Å². The van der Waals surface area contributed by atoms with Crippen molar-refractivity contribution in [3.05, 3.63) is 100 Å². The maximum Gasteiger partial charge on any atom is 0.254 e.